The molecule has 0 aromatic heterocycles. The first-order valence-corrected chi connectivity index (χ1v) is 9.66. The number of nitrogens with one attached hydrogen (secondary N) is 1. The molecule has 1 aliphatic rings. The number of piperazine rings is 1. The monoisotopic (exact) mass is 507 g/mol. The van der Waals surface area contributed by atoms with Crippen molar-refractivity contribution >= 4 is 29.9 Å². The van der Waals surface area contributed by atoms with Crippen LogP contribution in [0.25, 0.3) is 0 Å². The Morgan fingerprint density at radius 2 is 1.59 bits per heavy atom. The van der Waals surface area contributed by atoms with E-state index in [-0.39, 0.29) is 24.0 Å². The number of hydrogen-bond donors (Lipinski definition) is 1. The van der Waals surface area contributed by atoms with Crippen LogP contribution in [-0.4, -0.2) is 93.3 Å². The van der Waals surface area contributed by atoms with E-state index in [4.69, 9.17) is 0 Å². The van der Waals surface area contributed by atoms with Gasteiger partial charge in [0.1, 0.15) is 6.04 Å². The second-order valence-corrected chi connectivity index (χ2v) is 7.29. The Hall–Kier alpha value is -0.290. The fourth-order valence-corrected chi connectivity index (χ4v) is 3.14. The van der Waals surface area contributed by atoms with E-state index in [0.29, 0.717) is 26.2 Å². The summed E-state index contributed by atoms with van der Waals surface area (Å²) in [6.45, 7) is 5.21. The van der Waals surface area contributed by atoms with Gasteiger partial charge in [0.2, 0.25) is 0 Å². The van der Waals surface area contributed by atoms with Crippen LogP contribution in [0.2, 0.25) is 0 Å². The van der Waals surface area contributed by atoms with Gasteiger partial charge in [-0.1, -0.05) is 19.3 Å². The minimum absolute atomic E-state index is 0. The predicted molar refractivity (Wildman–Crippen MR) is 117 cm³/mol. The molecule has 1 unspecified atom stereocenters. The highest BCUT2D eigenvalue weighted by atomic mass is 127. The van der Waals surface area contributed by atoms with Crippen molar-refractivity contribution in [2.45, 2.75) is 51.2 Å². The summed E-state index contributed by atoms with van der Waals surface area (Å²) in [5.41, 5.74) is 0. The van der Waals surface area contributed by atoms with E-state index >= 15 is 0 Å². The van der Waals surface area contributed by atoms with Gasteiger partial charge in [-0.2, -0.15) is 13.2 Å². The number of rotatable bonds is 9. The quantitative estimate of drug-likeness (QED) is 0.225. The molecule has 0 aromatic rings. The van der Waals surface area contributed by atoms with Gasteiger partial charge < -0.3 is 15.1 Å². The van der Waals surface area contributed by atoms with Gasteiger partial charge in [-0.15, -0.1) is 24.0 Å². The molecule has 1 atom stereocenters. The average Bonchev–Trinajstić information content (AvgIpc) is 2.59. The molecule has 1 saturated heterocycles. The van der Waals surface area contributed by atoms with Crippen LogP contribution in [0.1, 0.15) is 39.0 Å². The Kier molecular flexibility index (Phi) is 13.7. The van der Waals surface area contributed by atoms with E-state index < -0.39 is 12.2 Å². The van der Waals surface area contributed by atoms with Gasteiger partial charge in [0.15, 0.2) is 5.96 Å². The van der Waals surface area contributed by atoms with Crippen LogP contribution in [0, 0.1) is 0 Å². The molecule has 5 nitrogen and oxygen atoms in total. The van der Waals surface area contributed by atoms with Crippen molar-refractivity contribution in [3.8, 4) is 0 Å². The third kappa shape index (κ3) is 10.7. The highest BCUT2D eigenvalue weighted by molar-refractivity contribution is 14.0. The number of nitrogens with zero attached hydrogens (tertiary/aromatic N) is 4. The minimum atomic E-state index is -4.16. The Bertz CT molecular complexity index is 410. The number of halogens is 4. The van der Waals surface area contributed by atoms with Gasteiger partial charge in [0.05, 0.1) is 0 Å². The smallest absolute Gasteiger partial charge is 0.356 e. The number of alkyl halides is 3. The number of guanidine groups is 1. The maximum atomic E-state index is 12.8. The molecule has 27 heavy (non-hydrogen) atoms. The highest BCUT2D eigenvalue weighted by Crippen LogP contribution is 2.25. The molecule has 1 rings (SSSR count). The lowest BCUT2D eigenvalue weighted by atomic mass is 10.1. The van der Waals surface area contributed by atoms with Crippen LogP contribution < -0.4 is 5.32 Å². The van der Waals surface area contributed by atoms with Gasteiger partial charge in [0, 0.05) is 39.8 Å². The Labute approximate surface area is 179 Å². The lowest BCUT2D eigenvalue weighted by Crippen LogP contribution is -2.56. The van der Waals surface area contributed by atoms with Gasteiger partial charge in [-0.25, -0.2) is 0 Å². The molecule has 0 aromatic carbocycles. The van der Waals surface area contributed by atoms with Crippen molar-refractivity contribution in [3.05, 3.63) is 0 Å². The molecular formula is C18H37F3IN5. The molecule has 0 saturated carbocycles. The molecule has 0 aliphatic carbocycles. The Morgan fingerprint density at radius 3 is 2.11 bits per heavy atom. The Balaban J connectivity index is 0.00000676. The van der Waals surface area contributed by atoms with E-state index in [1.54, 1.807) is 7.05 Å². The fourth-order valence-electron chi connectivity index (χ4n) is 3.14. The molecule has 1 fully saturated rings. The summed E-state index contributed by atoms with van der Waals surface area (Å²) in [5.74, 6) is 0.803. The maximum Gasteiger partial charge on any atom is 0.403 e. The Morgan fingerprint density at radius 1 is 1.04 bits per heavy atom. The summed E-state index contributed by atoms with van der Waals surface area (Å²) in [6, 6.07) is -1.38. The minimum Gasteiger partial charge on any atom is -0.356 e. The van der Waals surface area contributed by atoms with Gasteiger partial charge in [0.25, 0.3) is 0 Å². The molecular weight excluding hydrogens is 470 g/mol. The molecule has 1 N–H and O–H groups in total. The zero-order chi connectivity index (χ0) is 19.6. The van der Waals surface area contributed by atoms with Crippen LogP contribution in [0.15, 0.2) is 4.99 Å². The molecule has 162 valence electrons. The summed E-state index contributed by atoms with van der Waals surface area (Å²) >= 11 is 0. The summed E-state index contributed by atoms with van der Waals surface area (Å²) in [5, 5.41) is 3.35. The molecule has 0 bridgehead atoms. The zero-order valence-electron chi connectivity index (χ0n) is 17.2. The first kappa shape index (κ1) is 26.7. The van der Waals surface area contributed by atoms with Crippen molar-refractivity contribution in [2.24, 2.45) is 4.99 Å². The summed E-state index contributed by atoms with van der Waals surface area (Å²) in [6.07, 6.45) is 1.85. The summed E-state index contributed by atoms with van der Waals surface area (Å²) in [4.78, 5) is 10.0. The van der Waals surface area contributed by atoms with Crippen LogP contribution in [0.3, 0.4) is 0 Å². The van der Waals surface area contributed by atoms with Crippen LogP contribution in [0.4, 0.5) is 13.2 Å². The lowest BCUT2D eigenvalue weighted by Gasteiger charge is -2.39. The van der Waals surface area contributed by atoms with E-state index in [1.807, 2.05) is 0 Å². The average molecular weight is 507 g/mol. The van der Waals surface area contributed by atoms with E-state index in [1.165, 1.54) is 37.5 Å². The number of hydrogen-bond acceptors (Lipinski definition) is 3. The molecule has 0 amide bonds. The van der Waals surface area contributed by atoms with E-state index in [2.05, 4.69) is 34.2 Å². The summed E-state index contributed by atoms with van der Waals surface area (Å²) in [7, 11) is 5.92. The fraction of sp³-hybridized carbons (Fsp3) is 0.944. The first-order chi connectivity index (χ1) is 12.3. The number of aliphatic imine (C=N–C) groups is 1. The molecule has 0 spiro atoms. The maximum absolute atomic E-state index is 12.8. The van der Waals surface area contributed by atoms with Crippen molar-refractivity contribution in [1.29, 1.82) is 0 Å². The SMILES string of the molecule is CN=C(NCCCCCCCN(C)C)N1CCN(C(C)C(F)(F)F)CC1.I. The van der Waals surface area contributed by atoms with Crippen molar-refractivity contribution in [2.75, 3.05) is 60.4 Å². The van der Waals surface area contributed by atoms with Gasteiger partial charge in [-0.05, 0) is 40.4 Å². The first-order valence-electron chi connectivity index (χ1n) is 9.66. The van der Waals surface area contributed by atoms with E-state index in [0.717, 1.165) is 25.5 Å². The number of unbranched alkanes of at least 4 members (excludes halogenated alkanes) is 4. The molecule has 0 radical (unpaired) electrons. The predicted octanol–water partition coefficient (Wildman–Crippen LogP) is 3.26. The van der Waals surface area contributed by atoms with Crippen molar-refractivity contribution in [3.63, 3.8) is 0 Å². The standard InChI is InChI=1S/C18H36F3N5.HI/c1-16(18(19,20)21)25-12-14-26(15-13-25)17(22-2)23-10-8-6-5-7-9-11-24(3)4;/h16H,5-15H2,1-4H3,(H,22,23);1H. The lowest BCUT2D eigenvalue weighted by molar-refractivity contribution is -0.181. The molecule has 1 heterocycles. The topological polar surface area (TPSA) is 34.1 Å². The van der Waals surface area contributed by atoms with Crippen molar-refractivity contribution < 1.29 is 13.2 Å². The van der Waals surface area contributed by atoms with E-state index in [9.17, 15) is 13.2 Å². The third-order valence-corrected chi connectivity index (χ3v) is 4.91. The van der Waals surface area contributed by atoms with Crippen LogP contribution >= 0.6 is 24.0 Å². The third-order valence-electron chi connectivity index (χ3n) is 4.91. The van der Waals surface area contributed by atoms with Crippen molar-refractivity contribution in [1.82, 2.24) is 20.0 Å². The van der Waals surface area contributed by atoms with Crippen LogP contribution in [-0.2, 0) is 0 Å². The highest BCUT2D eigenvalue weighted by Gasteiger charge is 2.41. The van der Waals surface area contributed by atoms with Gasteiger partial charge in [-0.3, -0.25) is 9.89 Å². The molecule has 1 aliphatic heterocycles. The normalized spacial score (nSPS) is 17.8. The molecule has 9 heteroatoms. The van der Waals surface area contributed by atoms with Gasteiger partial charge >= 0.3 is 6.18 Å². The van der Waals surface area contributed by atoms with Crippen LogP contribution in [0.5, 0.6) is 0 Å². The second kappa shape index (κ2) is 13.8. The summed E-state index contributed by atoms with van der Waals surface area (Å²) < 4.78 is 38.5. The second-order valence-electron chi connectivity index (χ2n) is 7.29. The zero-order valence-corrected chi connectivity index (χ0v) is 19.5. The largest absolute Gasteiger partial charge is 0.403 e.